The molecule has 2 aromatic carbocycles. The molecule has 0 unspecified atom stereocenters. The zero-order valence-electron chi connectivity index (χ0n) is 18.9. The topological polar surface area (TPSA) is 97.9 Å². The van der Waals surface area contributed by atoms with Crippen LogP contribution in [0.1, 0.15) is 40.5 Å². The van der Waals surface area contributed by atoms with Gasteiger partial charge >= 0.3 is 12.1 Å². The average Bonchev–Trinajstić information content (AvgIpc) is 3.20. The van der Waals surface area contributed by atoms with E-state index in [1.807, 2.05) is 6.07 Å². The van der Waals surface area contributed by atoms with Crippen LogP contribution in [0.5, 0.6) is 5.75 Å². The molecular weight excluding hydrogens is 424 g/mol. The molecule has 1 aliphatic heterocycles. The van der Waals surface area contributed by atoms with Crippen molar-refractivity contribution in [2.75, 3.05) is 32.3 Å². The summed E-state index contributed by atoms with van der Waals surface area (Å²) in [7, 11) is 2.87. The van der Waals surface area contributed by atoms with E-state index in [1.54, 1.807) is 49.3 Å². The van der Waals surface area contributed by atoms with E-state index in [-0.39, 0.29) is 18.8 Å². The number of hydrogen-bond donors (Lipinski definition) is 1. The molecule has 1 aliphatic rings. The first-order valence-electron chi connectivity index (χ1n) is 10.8. The van der Waals surface area contributed by atoms with E-state index >= 15 is 0 Å². The van der Waals surface area contributed by atoms with Crippen molar-refractivity contribution in [1.29, 1.82) is 0 Å². The van der Waals surface area contributed by atoms with E-state index in [2.05, 4.69) is 4.98 Å². The van der Waals surface area contributed by atoms with Crippen LogP contribution in [0, 0.1) is 0 Å². The SMILES string of the molecule is CCOC(=O)N1CCCc2ccc(C(=O)c3[nH]c4ccc(OC)cc4c3CC(=O)OC)cc21. The Hall–Kier alpha value is -3.81. The van der Waals surface area contributed by atoms with Gasteiger partial charge in [0.25, 0.3) is 0 Å². The summed E-state index contributed by atoms with van der Waals surface area (Å²) in [5.74, 6) is -0.113. The van der Waals surface area contributed by atoms with Crippen LogP contribution < -0.4 is 9.64 Å². The van der Waals surface area contributed by atoms with Crippen molar-refractivity contribution in [3.05, 3.63) is 58.8 Å². The summed E-state index contributed by atoms with van der Waals surface area (Å²) in [5, 5.41) is 0.717. The predicted molar refractivity (Wildman–Crippen MR) is 123 cm³/mol. The third-order valence-electron chi connectivity index (χ3n) is 5.84. The summed E-state index contributed by atoms with van der Waals surface area (Å²) in [4.78, 5) is 42.9. The molecule has 8 heteroatoms. The predicted octanol–water partition coefficient (Wildman–Crippen LogP) is 4.03. The largest absolute Gasteiger partial charge is 0.497 e. The van der Waals surface area contributed by atoms with Crippen LogP contribution in [0.2, 0.25) is 0 Å². The normalized spacial score (nSPS) is 12.9. The lowest BCUT2D eigenvalue weighted by Crippen LogP contribution is -2.36. The van der Waals surface area contributed by atoms with Crippen molar-refractivity contribution in [1.82, 2.24) is 4.98 Å². The zero-order valence-corrected chi connectivity index (χ0v) is 18.9. The summed E-state index contributed by atoms with van der Waals surface area (Å²) in [6.45, 7) is 2.57. The smallest absolute Gasteiger partial charge is 0.414 e. The molecule has 172 valence electrons. The minimum absolute atomic E-state index is 0.0648. The van der Waals surface area contributed by atoms with Crippen molar-refractivity contribution in [3.63, 3.8) is 0 Å². The Kier molecular flexibility index (Phi) is 6.35. The van der Waals surface area contributed by atoms with E-state index in [0.717, 1.165) is 18.4 Å². The van der Waals surface area contributed by atoms with Crippen LogP contribution in [0.25, 0.3) is 10.9 Å². The maximum absolute atomic E-state index is 13.6. The number of aryl methyl sites for hydroxylation is 1. The molecule has 1 aromatic heterocycles. The standard InChI is InChI=1S/C25H26N2O6/c1-4-33-25(30)27-11-5-6-15-7-8-16(12-21(15)27)24(29)23-19(14-22(28)32-3)18-13-17(31-2)9-10-20(18)26-23/h7-10,12-13,26H,4-6,11,14H2,1-3H3. The third-order valence-corrected chi connectivity index (χ3v) is 5.84. The maximum atomic E-state index is 13.6. The summed E-state index contributed by atoms with van der Waals surface area (Å²) >= 11 is 0. The molecule has 1 N–H and O–H groups in total. The van der Waals surface area contributed by atoms with Crippen molar-refractivity contribution in [3.8, 4) is 5.75 Å². The second-order valence-corrected chi connectivity index (χ2v) is 7.77. The quantitative estimate of drug-likeness (QED) is 0.450. The Morgan fingerprint density at radius 2 is 1.91 bits per heavy atom. The van der Waals surface area contributed by atoms with Gasteiger partial charge in [-0.05, 0) is 49.6 Å². The van der Waals surface area contributed by atoms with Crippen molar-refractivity contribution >= 4 is 34.4 Å². The molecule has 0 saturated carbocycles. The molecule has 1 amide bonds. The first-order chi connectivity index (χ1) is 16.0. The lowest BCUT2D eigenvalue weighted by Gasteiger charge is -2.29. The minimum Gasteiger partial charge on any atom is -0.497 e. The molecule has 0 fully saturated rings. The van der Waals surface area contributed by atoms with Crippen LogP contribution >= 0.6 is 0 Å². The van der Waals surface area contributed by atoms with Gasteiger partial charge in [-0.3, -0.25) is 14.5 Å². The zero-order chi connectivity index (χ0) is 23.5. The van der Waals surface area contributed by atoms with E-state index in [0.29, 0.717) is 45.7 Å². The number of ketones is 1. The molecule has 0 saturated heterocycles. The fourth-order valence-corrected chi connectivity index (χ4v) is 4.20. The molecule has 0 spiro atoms. The molecular formula is C25H26N2O6. The lowest BCUT2D eigenvalue weighted by atomic mass is 9.96. The number of rotatable bonds is 6. The summed E-state index contributed by atoms with van der Waals surface area (Å²) < 4.78 is 15.4. The average molecular weight is 450 g/mol. The lowest BCUT2D eigenvalue weighted by molar-refractivity contribution is -0.139. The number of nitrogens with one attached hydrogen (secondary N) is 1. The highest BCUT2D eigenvalue weighted by Gasteiger charge is 2.27. The minimum atomic E-state index is -0.452. The Balaban J connectivity index is 1.79. The molecule has 8 nitrogen and oxygen atoms in total. The van der Waals surface area contributed by atoms with E-state index in [4.69, 9.17) is 14.2 Å². The number of nitrogens with zero attached hydrogens (tertiary/aromatic N) is 1. The first kappa shape index (κ1) is 22.4. The molecule has 0 bridgehead atoms. The summed E-state index contributed by atoms with van der Waals surface area (Å²) in [6.07, 6.45) is 1.16. The second kappa shape index (κ2) is 9.36. The molecule has 3 aromatic rings. The third kappa shape index (κ3) is 4.28. The number of aromatic amines is 1. The summed E-state index contributed by atoms with van der Waals surface area (Å²) in [6, 6.07) is 10.7. The van der Waals surface area contributed by atoms with Gasteiger partial charge in [-0.15, -0.1) is 0 Å². The monoisotopic (exact) mass is 450 g/mol. The molecule has 0 radical (unpaired) electrons. The second-order valence-electron chi connectivity index (χ2n) is 7.77. The van der Waals surface area contributed by atoms with Crippen LogP contribution in [-0.2, 0) is 27.1 Å². The Morgan fingerprint density at radius 1 is 1.09 bits per heavy atom. The first-order valence-corrected chi connectivity index (χ1v) is 10.8. The number of benzene rings is 2. The molecule has 33 heavy (non-hydrogen) atoms. The highest BCUT2D eigenvalue weighted by atomic mass is 16.6. The molecule has 0 aliphatic carbocycles. The van der Waals surface area contributed by atoms with Gasteiger partial charge in [-0.2, -0.15) is 0 Å². The highest BCUT2D eigenvalue weighted by molar-refractivity contribution is 6.13. The number of aromatic nitrogens is 1. The fraction of sp³-hybridized carbons (Fsp3) is 0.320. The number of H-pyrrole nitrogens is 1. The number of ether oxygens (including phenoxy) is 3. The van der Waals surface area contributed by atoms with Gasteiger partial charge in [-0.1, -0.05) is 12.1 Å². The number of carbonyl (C=O) groups is 3. The Labute approximate surface area is 191 Å². The van der Waals surface area contributed by atoms with Gasteiger partial charge in [0.15, 0.2) is 0 Å². The molecule has 4 rings (SSSR count). The fourth-order valence-electron chi connectivity index (χ4n) is 4.20. The number of methoxy groups -OCH3 is 2. The van der Waals surface area contributed by atoms with Crippen molar-refractivity contribution in [2.24, 2.45) is 0 Å². The Morgan fingerprint density at radius 3 is 2.64 bits per heavy atom. The Bertz CT molecular complexity index is 1230. The van der Waals surface area contributed by atoms with E-state index in [9.17, 15) is 14.4 Å². The van der Waals surface area contributed by atoms with Gasteiger partial charge in [0.1, 0.15) is 5.75 Å². The van der Waals surface area contributed by atoms with Crippen LogP contribution in [0.4, 0.5) is 10.5 Å². The van der Waals surface area contributed by atoms with Crippen molar-refractivity contribution < 1.29 is 28.6 Å². The van der Waals surface area contributed by atoms with Gasteiger partial charge in [-0.25, -0.2) is 4.79 Å². The summed E-state index contributed by atoms with van der Waals surface area (Å²) in [5.41, 5.74) is 3.64. The number of amides is 1. The number of carbonyl (C=O) groups excluding carboxylic acids is 3. The van der Waals surface area contributed by atoms with Crippen molar-refractivity contribution in [2.45, 2.75) is 26.2 Å². The van der Waals surface area contributed by atoms with Gasteiger partial charge < -0.3 is 19.2 Å². The van der Waals surface area contributed by atoms with Crippen LogP contribution in [0.3, 0.4) is 0 Å². The van der Waals surface area contributed by atoms with E-state index in [1.165, 1.54) is 7.11 Å². The maximum Gasteiger partial charge on any atom is 0.414 e. The number of esters is 1. The molecule has 2 heterocycles. The highest BCUT2D eigenvalue weighted by Crippen LogP contribution is 2.32. The van der Waals surface area contributed by atoms with Gasteiger partial charge in [0, 0.05) is 28.6 Å². The van der Waals surface area contributed by atoms with Gasteiger partial charge in [0.05, 0.1) is 38.6 Å². The number of anilines is 1. The molecule has 0 atom stereocenters. The van der Waals surface area contributed by atoms with Crippen LogP contribution in [0.15, 0.2) is 36.4 Å². The van der Waals surface area contributed by atoms with Crippen LogP contribution in [-0.4, -0.2) is 50.2 Å². The van der Waals surface area contributed by atoms with E-state index < -0.39 is 12.1 Å². The number of hydrogen-bond acceptors (Lipinski definition) is 6. The number of fused-ring (bicyclic) bond motifs is 2. The van der Waals surface area contributed by atoms with Gasteiger partial charge in [0.2, 0.25) is 5.78 Å².